The number of carbonyl (C=O) groups is 1. The molecule has 1 aromatic heterocycles. The number of nitrogen functional groups attached to an aromatic ring is 1. The van der Waals surface area contributed by atoms with E-state index in [1.807, 2.05) is 4.90 Å². The number of amides is 1. The van der Waals surface area contributed by atoms with E-state index in [-0.39, 0.29) is 23.7 Å². The molecule has 0 spiro atoms. The average Bonchev–Trinajstić information content (AvgIpc) is 2.95. The Labute approximate surface area is 149 Å². The molecule has 1 aromatic carbocycles. The van der Waals surface area contributed by atoms with Gasteiger partial charge in [-0.25, -0.2) is 4.39 Å². The number of rotatable bonds is 3. The van der Waals surface area contributed by atoms with Crippen molar-refractivity contribution in [1.29, 1.82) is 0 Å². The molecule has 2 atom stereocenters. The van der Waals surface area contributed by atoms with E-state index in [0.29, 0.717) is 50.6 Å². The van der Waals surface area contributed by atoms with Gasteiger partial charge in [0.2, 0.25) is 11.8 Å². The lowest BCUT2D eigenvalue weighted by molar-refractivity contribution is -0.133. The van der Waals surface area contributed by atoms with Crippen molar-refractivity contribution < 1.29 is 18.3 Å². The van der Waals surface area contributed by atoms with Crippen molar-refractivity contribution in [1.82, 2.24) is 15.1 Å². The van der Waals surface area contributed by atoms with Crippen LogP contribution < -0.4 is 5.73 Å². The number of fused-ring (bicyclic) bond motifs is 1. The minimum absolute atomic E-state index is 0.00909. The van der Waals surface area contributed by atoms with Crippen molar-refractivity contribution in [2.75, 3.05) is 32.0 Å². The van der Waals surface area contributed by atoms with Gasteiger partial charge in [0.15, 0.2) is 0 Å². The molecule has 3 aliphatic rings. The van der Waals surface area contributed by atoms with Crippen LogP contribution in [-0.4, -0.2) is 47.3 Å². The third kappa shape index (κ3) is 2.05. The number of anilines is 1. The van der Waals surface area contributed by atoms with Crippen LogP contribution in [0.3, 0.4) is 0 Å². The van der Waals surface area contributed by atoms with E-state index < -0.39 is 10.8 Å². The summed E-state index contributed by atoms with van der Waals surface area (Å²) in [5.74, 6) is 0.149. The van der Waals surface area contributed by atoms with Crippen LogP contribution in [0.4, 0.5) is 10.4 Å². The third-order valence-corrected chi connectivity index (χ3v) is 6.08. The molecular weight excluding hydrogens is 339 g/mol. The molecule has 136 valence electrons. The zero-order chi connectivity index (χ0) is 17.9. The van der Waals surface area contributed by atoms with Crippen LogP contribution in [0.5, 0.6) is 0 Å². The summed E-state index contributed by atoms with van der Waals surface area (Å²) in [7, 11) is 0. The van der Waals surface area contributed by atoms with Crippen molar-refractivity contribution in [3.8, 4) is 0 Å². The first-order valence-electron chi connectivity index (χ1n) is 8.77. The first kappa shape index (κ1) is 15.7. The maximum Gasteiger partial charge on any atom is 0.312 e. The Bertz CT molecular complexity index is 881. The van der Waals surface area contributed by atoms with Crippen LogP contribution in [0.15, 0.2) is 28.7 Å². The van der Waals surface area contributed by atoms with E-state index >= 15 is 0 Å². The largest absolute Gasteiger partial charge is 0.407 e. The highest BCUT2D eigenvalue weighted by molar-refractivity contribution is 5.91. The quantitative estimate of drug-likeness (QED) is 0.887. The highest BCUT2D eigenvalue weighted by atomic mass is 19.1. The summed E-state index contributed by atoms with van der Waals surface area (Å²) in [5, 5.41) is 7.81. The highest BCUT2D eigenvalue weighted by Crippen LogP contribution is 2.52. The molecule has 3 fully saturated rings. The Morgan fingerprint density at radius 2 is 2.12 bits per heavy atom. The number of hydrogen-bond acceptors (Lipinski definition) is 6. The van der Waals surface area contributed by atoms with Gasteiger partial charge in [-0.05, 0) is 18.9 Å². The van der Waals surface area contributed by atoms with Crippen LogP contribution >= 0.6 is 0 Å². The van der Waals surface area contributed by atoms with E-state index in [1.54, 1.807) is 18.2 Å². The van der Waals surface area contributed by atoms with Crippen molar-refractivity contribution in [3.05, 3.63) is 41.5 Å². The van der Waals surface area contributed by atoms with Gasteiger partial charge in [0.1, 0.15) is 5.82 Å². The average molecular weight is 358 g/mol. The fraction of sp³-hybridized carbons (Fsp3) is 0.500. The van der Waals surface area contributed by atoms with E-state index in [9.17, 15) is 9.18 Å². The maximum atomic E-state index is 14.3. The van der Waals surface area contributed by atoms with Crippen molar-refractivity contribution in [2.45, 2.75) is 23.7 Å². The molecule has 0 radical (unpaired) electrons. The SMILES string of the molecule is Nc1nnc([C@@]23COC[C@@H]2CN(C(=O)C2(c4ccccc4F)CC2)C3)o1. The standard InChI is InChI=1S/C18H19FN4O3/c19-13-4-2-1-3-12(13)17(5-6-17)15(24)23-7-11-8-25-10-18(11,9-23)14-21-22-16(20)26-14/h1-4,11H,5-10H2,(H2,20,22)/t11-,18-/m0/s1. The molecule has 1 saturated carbocycles. The number of benzene rings is 1. The van der Waals surface area contributed by atoms with Gasteiger partial charge >= 0.3 is 6.01 Å². The predicted octanol–water partition coefficient (Wildman–Crippen LogP) is 1.25. The number of halogens is 1. The number of likely N-dealkylation sites (tertiary alicyclic amines) is 1. The fourth-order valence-corrected chi connectivity index (χ4v) is 4.50. The topological polar surface area (TPSA) is 94.5 Å². The van der Waals surface area contributed by atoms with Gasteiger partial charge in [0, 0.05) is 24.6 Å². The second kappa shape index (κ2) is 5.26. The van der Waals surface area contributed by atoms with Gasteiger partial charge in [-0.2, -0.15) is 0 Å². The van der Waals surface area contributed by atoms with Gasteiger partial charge < -0.3 is 19.8 Å². The second-order valence-electron chi connectivity index (χ2n) is 7.56. The third-order valence-electron chi connectivity index (χ3n) is 6.08. The van der Waals surface area contributed by atoms with Crippen LogP contribution in [0, 0.1) is 11.7 Å². The Kier molecular flexibility index (Phi) is 3.19. The maximum absolute atomic E-state index is 14.3. The molecule has 26 heavy (non-hydrogen) atoms. The monoisotopic (exact) mass is 358 g/mol. The van der Waals surface area contributed by atoms with E-state index in [0.717, 1.165) is 0 Å². The molecule has 1 aliphatic carbocycles. The number of nitrogens with two attached hydrogens (primary N) is 1. The molecule has 0 unspecified atom stereocenters. The molecule has 5 rings (SSSR count). The number of nitrogens with zero attached hydrogens (tertiary/aromatic N) is 3. The van der Waals surface area contributed by atoms with Gasteiger partial charge in [-0.3, -0.25) is 4.79 Å². The lowest BCUT2D eigenvalue weighted by Gasteiger charge is -2.26. The van der Waals surface area contributed by atoms with E-state index in [4.69, 9.17) is 14.9 Å². The number of carbonyl (C=O) groups excluding carboxylic acids is 1. The zero-order valence-corrected chi connectivity index (χ0v) is 14.2. The summed E-state index contributed by atoms with van der Waals surface area (Å²) < 4.78 is 25.4. The Hall–Kier alpha value is -2.48. The lowest BCUT2D eigenvalue weighted by atomic mass is 9.81. The zero-order valence-electron chi connectivity index (χ0n) is 14.2. The van der Waals surface area contributed by atoms with Crippen LogP contribution in [0.25, 0.3) is 0 Å². The molecule has 7 nitrogen and oxygen atoms in total. The highest BCUT2D eigenvalue weighted by Gasteiger charge is 2.61. The molecule has 2 aliphatic heterocycles. The molecule has 8 heteroatoms. The molecule has 0 bridgehead atoms. The van der Waals surface area contributed by atoms with E-state index in [2.05, 4.69) is 10.2 Å². The van der Waals surface area contributed by atoms with Crippen molar-refractivity contribution in [2.24, 2.45) is 5.92 Å². The number of hydrogen-bond donors (Lipinski definition) is 1. The Morgan fingerprint density at radius 3 is 2.81 bits per heavy atom. The van der Waals surface area contributed by atoms with Gasteiger partial charge in [-0.15, -0.1) is 5.10 Å². The van der Waals surface area contributed by atoms with Crippen LogP contribution in [0.2, 0.25) is 0 Å². The van der Waals surface area contributed by atoms with Gasteiger partial charge in [-0.1, -0.05) is 23.3 Å². The molecular formula is C18H19FN4O3. The molecule has 2 N–H and O–H groups in total. The minimum Gasteiger partial charge on any atom is -0.407 e. The lowest BCUT2D eigenvalue weighted by Crippen LogP contribution is -2.41. The smallest absolute Gasteiger partial charge is 0.312 e. The summed E-state index contributed by atoms with van der Waals surface area (Å²) in [5.41, 5.74) is 4.83. The Balaban J connectivity index is 1.46. The molecule has 1 amide bonds. The van der Waals surface area contributed by atoms with Gasteiger partial charge in [0.25, 0.3) is 0 Å². The molecule has 2 saturated heterocycles. The molecule has 2 aromatic rings. The first-order chi connectivity index (χ1) is 12.6. The summed E-state index contributed by atoms with van der Waals surface area (Å²) in [6.07, 6.45) is 1.34. The van der Waals surface area contributed by atoms with Gasteiger partial charge in [0.05, 0.1) is 24.0 Å². The summed E-state index contributed by atoms with van der Waals surface area (Å²) in [6, 6.07) is 6.56. The van der Waals surface area contributed by atoms with Crippen LogP contribution in [0.1, 0.15) is 24.3 Å². The second-order valence-corrected chi connectivity index (χ2v) is 7.56. The normalized spacial score (nSPS) is 29.0. The van der Waals surface area contributed by atoms with Crippen molar-refractivity contribution in [3.63, 3.8) is 0 Å². The van der Waals surface area contributed by atoms with Crippen molar-refractivity contribution >= 4 is 11.9 Å². The first-order valence-corrected chi connectivity index (χ1v) is 8.77. The fourth-order valence-electron chi connectivity index (χ4n) is 4.50. The minimum atomic E-state index is -0.736. The summed E-state index contributed by atoms with van der Waals surface area (Å²) in [6.45, 7) is 1.90. The number of aromatic nitrogens is 2. The van der Waals surface area contributed by atoms with E-state index in [1.165, 1.54) is 6.07 Å². The predicted molar refractivity (Wildman–Crippen MR) is 88.6 cm³/mol. The number of ether oxygens (including phenoxy) is 1. The van der Waals surface area contributed by atoms with Crippen LogP contribution in [-0.2, 0) is 20.4 Å². The Morgan fingerprint density at radius 1 is 1.31 bits per heavy atom. The summed E-state index contributed by atoms with van der Waals surface area (Å²) >= 11 is 0. The molecule has 3 heterocycles. The summed E-state index contributed by atoms with van der Waals surface area (Å²) in [4.78, 5) is 15.1.